The van der Waals surface area contributed by atoms with Gasteiger partial charge in [0.15, 0.2) is 0 Å². The van der Waals surface area contributed by atoms with E-state index in [9.17, 15) is 13.2 Å². The summed E-state index contributed by atoms with van der Waals surface area (Å²) in [6, 6.07) is 11.2. The second-order valence-electron chi connectivity index (χ2n) is 6.94. The molecule has 8 heteroatoms. The Morgan fingerprint density at radius 1 is 1.25 bits per heavy atom. The predicted octanol–water partition coefficient (Wildman–Crippen LogP) is 4.02. The molecule has 1 unspecified atom stereocenters. The van der Waals surface area contributed by atoms with Gasteiger partial charge in [-0.1, -0.05) is 24.6 Å². The van der Waals surface area contributed by atoms with Gasteiger partial charge in [0.1, 0.15) is 10.6 Å². The number of hydrogen-bond donors (Lipinski definition) is 1. The van der Waals surface area contributed by atoms with Crippen LogP contribution in [-0.4, -0.2) is 38.8 Å². The fourth-order valence-corrected chi connectivity index (χ4v) is 5.35. The Morgan fingerprint density at radius 3 is 2.75 bits per heavy atom. The van der Waals surface area contributed by atoms with Crippen molar-refractivity contribution in [3.05, 3.63) is 53.1 Å². The summed E-state index contributed by atoms with van der Waals surface area (Å²) in [4.78, 5) is 12.6. The van der Waals surface area contributed by atoms with Gasteiger partial charge >= 0.3 is 0 Å². The molecule has 0 aliphatic carbocycles. The lowest BCUT2D eigenvalue weighted by Gasteiger charge is -2.30. The maximum absolute atomic E-state index is 13.1. The third kappa shape index (κ3) is 4.48. The molecule has 150 valence electrons. The first-order valence-corrected chi connectivity index (χ1v) is 10.9. The molecule has 1 amide bonds. The van der Waals surface area contributed by atoms with Crippen molar-refractivity contribution in [3.8, 4) is 5.75 Å². The third-order valence-corrected chi connectivity index (χ3v) is 7.11. The highest BCUT2D eigenvalue weighted by molar-refractivity contribution is 7.89. The van der Waals surface area contributed by atoms with E-state index in [1.165, 1.54) is 22.5 Å². The third-order valence-electron chi connectivity index (χ3n) is 4.76. The molecule has 0 aromatic heterocycles. The SMILES string of the molecule is COc1cccc(NC(=O)c2ccc(Cl)c(S(=O)(=O)N3CCCC(C)C3)c2)c1. The van der Waals surface area contributed by atoms with E-state index in [1.807, 2.05) is 6.92 Å². The number of anilines is 1. The van der Waals surface area contributed by atoms with Crippen molar-refractivity contribution < 1.29 is 17.9 Å². The zero-order valence-corrected chi connectivity index (χ0v) is 17.4. The van der Waals surface area contributed by atoms with Gasteiger partial charge in [-0.05, 0) is 49.1 Å². The minimum atomic E-state index is -3.76. The van der Waals surface area contributed by atoms with E-state index in [-0.39, 0.29) is 15.5 Å². The lowest BCUT2D eigenvalue weighted by atomic mass is 10.0. The number of ether oxygens (including phenoxy) is 1. The smallest absolute Gasteiger partial charge is 0.255 e. The minimum Gasteiger partial charge on any atom is -0.497 e. The van der Waals surface area contributed by atoms with Crippen LogP contribution in [0, 0.1) is 5.92 Å². The first-order chi connectivity index (χ1) is 13.3. The molecule has 6 nitrogen and oxygen atoms in total. The molecule has 0 bridgehead atoms. The Kier molecular flexibility index (Phi) is 6.27. The van der Waals surface area contributed by atoms with Gasteiger partial charge < -0.3 is 10.1 Å². The number of nitrogens with one attached hydrogen (secondary N) is 1. The van der Waals surface area contributed by atoms with E-state index in [0.717, 1.165) is 12.8 Å². The van der Waals surface area contributed by atoms with Gasteiger partial charge in [0, 0.05) is 30.4 Å². The minimum absolute atomic E-state index is 0.0402. The number of hydrogen-bond acceptors (Lipinski definition) is 4. The topological polar surface area (TPSA) is 75.7 Å². The average Bonchev–Trinajstić information content (AvgIpc) is 2.68. The van der Waals surface area contributed by atoms with E-state index < -0.39 is 15.9 Å². The highest BCUT2D eigenvalue weighted by atomic mass is 35.5. The Hall–Kier alpha value is -2.09. The van der Waals surface area contributed by atoms with Crippen LogP contribution in [-0.2, 0) is 10.0 Å². The second kappa shape index (κ2) is 8.51. The molecule has 0 radical (unpaired) electrons. The summed E-state index contributed by atoms with van der Waals surface area (Å²) in [5, 5.41) is 2.85. The molecular formula is C20H23ClN2O4S. The molecule has 28 heavy (non-hydrogen) atoms. The maximum atomic E-state index is 13.1. The summed E-state index contributed by atoms with van der Waals surface area (Å²) >= 11 is 6.19. The van der Waals surface area contributed by atoms with Crippen LogP contribution in [0.1, 0.15) is 30.1 Å². The van der Waals surface area contributed by atoms with E-state index in [2.05, 4.69) is 5.32 Å². The monoisotopic (exact) mass is 422 g/mol. The second-order valence-corrected chi connectivity index (χ2v) is 9.26. The van der Waals surface area contributed by atoms with Crippen LogP contribution in [0.5, 0.6) is 5.75 Å². The van der Waals surface area contributed by atoms with Gasteiger partial charge in [-0.15, -0.1) is 0 Å². The van der Waals surface area contributed by atoms with Crippen molar-refractivity contribution in [1.29, 1.82) is 0 Å². The molecule has 1 heterocycles. The van der Waals surface area contributed by atoms with Crippen LogP contribution in [0.4, 0.5) is 5.69 Å². The number of nitrogens with zero attached hydrogens (tertiary/aromatic N) is 1. The van der Waals surface area contributed by atoms with Gasteiger partial charge in [0.25, 0.3) is 5.91 Å². The average molecular weight is 423 g/mol. The van der Waals surface area contributed by atoms with Crippen LogP contribution in [0.15, 0.2) is 47.4 Å². The summed E-state index contributed by atoms with van der Waals surface area (Å²) in [5.74, 6) is 0.478. The number of benzene rings is 2. The molecule has 3 rings (SSSR count). The van der Waals surface area contributed by atoms with Crippen molar-refractivity contribution in [3.63, 3.8) is 0 Å². The molecule has 0 spiro atoms. The highest BCUT2D eigenvalue weighted by Crippen LogP contribution is 2.29. The molecule has 2 aromatic rings. The Morgan fingerprint density at radius 2 is 2.04 bits per heavy atom. The van der Waals surface area contributed by atoms with Gasteiger partial charge in [-0.3, -0.25) is 4.79 Å². The molecule has 1 aliphatic rings. The van der Waals surface area contributed by atoms with Gasteiger partial charge in [0.2, 0.25) is 10.0 Å². The van der Waals surface area contributed by atoms with Crippen molar-refractivity contribution >= 4 is 33.2 Å². The van der Waals surface area contributed by atoms with Crippen LogP contribution < -0.4 is 10.1 Å². The van der Waals surface area contributed by atoms with Crippen LogP contribution in [0.2, 0.25) is 5.02 Å². The largest absolute Gasteiger partial charge is 0.497 e. The fraction of sp³-hybridized carbons (Fsp3) is 0.350. The lowest BCUT2D eigenvalue weighted by molar-refractivity contribution is 0.102. The zero-order chi connectivity index (χ0) is 20.3. The van der Waals surface area contributed by atoms with E-state index in [0.29, 0.717) is 30.4 Å². The quantitative estimate of drug-likeness (QED) is 0.789. The summed E-state index contributed by atoms with van der Waals surface area (Å²) < 4.78 is 32.7. The number of methoxy groups -OCH3 is 1. The standard InChI is InChI=1S/C20H23ClN2O4S/c1-14-5-4-10-23(13-14)28(25,26)19-11-15(8-9-18(19)21)20(24)22-16-6-3-7-17(12-16)27-2/h3,6-9,11-12,14H,4-5,10,13H2,1-2H3,(H,22,24). The van der Waals surface area contributed by atoms with Crippen molar-refractivity contribution in [2.45, 2.75) is 24.7 Å². The number of sulfonamides is 1. The van der Waals surface area contributed by atoms with Crippen molar-refractivity contribution in [1.82, 2.24) is 4.31 Å². The molecule has 1 saturated heterocycles. The first-order valence-electron chi connectivity index (χ1n) is 9.06. The molecule has 1 N–H and O–H groups in total. The van der Waals surface area contributed by atoms with Crippen LogP contribution >= 0.6 is 11.6 Å². The molecule has 0 saturated carbocycles. The number of carbonyl (C=O) groups is 1. The van der Waals surface area contributed by atoms with Gasteiger partial charge in [0.05, 0.1) is 12.1 Å². The molecule has 1 aliphatic heterocycles. The Labute approximate surface area is 170 Å². The van der Waals surface area contributed by atoms with Gasteiger partial charge in [-0.2, -0.15) is 4.31 Å². The Bertz CT molecular complexity index is 978. The summed E-state index contributed by atoms with van der Waals surface area (Å²) in [6.45, 7) is 2.95. The van der Waals surface area contributed by atoms with Crippen LogP contribution in [0.3, 0.4) is 0 Å². The first kappa shape index (κ1) is 20.6. The fourth-order valence-electron chi connectivity index (χ4n) is 3.25. The number of piperidine rings is 1. The number of carbonyl (C=O) groups excluding carboxylic acids is 1. The van der Waals surface area contributed by atoms with Crippen molar-refractivity contribution in [2.75, 3.05) is 25.5 Å². The normalized spacial score (nSPS) is 17.9. The van der Waals surface area contributed by atoms with Crippen LogP contribution in [0.25, 0.3) is 0 Å². The molecule has 1 fully saturated rings. The predicted molar refractivity (Wildman–Crippen MR) is 110 cm³/mol. The number of amides is 1. The number of halogens is 1. The summed E-state index contributed by atoms with van der Waals surface area (Å²) in [6.07, 6.45) is 1.82. The van der Waals surface area contributed by atoms with E-state index >= 15 is 0 Å². The van der Waals surface area contributed by atoms with E-state index in [1.54, 1.807) is 31.4 Å². The molecular weight excluding hydrogens is 400 g/mol. The number of rotatable bonds is 5. The maximum Gasteiger partial charge on any atom is 0.255 e. The zero-order valence-electron chi connectivity index (χ0n) is 15.8. The molecule has 1 atom stereocenters. The lowest BCUT2D eigenvalue weighted by Crippen LogP contribution is -2.39. The van der Waals surface area contributed by atoms with Crippen molar-refractivity contribution in [2.24, 2.45) is 5.92 Å². The Balaban J connectivity index is 1.87. The van der Waals surface area contributed by atoms with E-state index in [4.69, 9.17) is 16.3 Å². The summed E-state index contributed by atoms with van der Waals surface area (Å²) in [7, 11) is -2.22. The molecule has 2 aromatic carbocycles. The summed E-state index contributed by atoms with van der Waals surface area (Å²) in [5.41, 5.74) is 0.768. The highest BCUT2D eigenvalue weighted by Gasteiger charge is 2.30. The van der Waals surface area contributed by atoms with Gasteiger partial charge in [-0.25, -0.2) is 8.42 Å².